The number of nitrogens with one attached hydrogen (secondary N) is 2. The van der Waals surface area contributed by atoms with Gasteiger partial charge < -0.3 is 19.5 Å². The molecule has 34 heavy (non-hydrogen) atoms. The molecule has 3 aromatic carbocycles. The van der Waals surface area contributed by atoms with Gasteiger partial charge >= 0.3 is 0 Å². The van der Waals surface area contributed by atoms with Crippen molar-refractivity contribution in [1.29, 1.82) is 0 Å². The van der Waals surface area contributed by atoms with E-state index in [1.165, 1.54) is 13.3 Å². The Kier molecular flexibility index (Phi) is 9.04. The molecule has 9 heteroatoms. The number of carbonyl (C=O) groups excluding carboxylic acids is 2. The van der Waals surface area contributed by atoms with Crippen molar-refractivity contribution >= 4 is 39.6 Å². The van der Waals surface area contributed by atoms with E-state index in [0.717, 1.165) is 4.47 Å². The third-order valence-corrected chi connectivity index (χ3v) is 4.98. The van der Waals surface area contributed by atoms with Crippen LogP contribution in [-0.2, 0) is 4.79 Å². The maximum absolute atomic E-state index is 12.5. The molecule has 3 aromatic rings. The van der Waals surface area contributed by atoms with E-state index in [0.29, 0.717) is 40.7 Å². The molecule has 8 nitrogen and oxygen atoms in total. The van der Waals surface area contributed by atoms with Crippen LogP contribution >= 0.6 is 15.9 Å². The van der Waals surface area contributed by atoms with Gasteiger partial charge in [0.2, 0.25) is 0 Å². The fourth-order valence-electron chi connectivity index (χ4n) is 2.92. The first-order valence-corrected chi connectivity index (χ1v) is 11.2. The van der Waals surface area contributed by atoms with Gasteiger partial charge in [0.15, 0.2) is 18.1 Å². The largest absolute Gasteiger partial charge is 0.493 e. The molecule has 0 aliphatic carbocycles. The Morgan fingerprint density at radius 3 is 2.47 bits per heavy atom. The highest BCUT2D eigenvalue weighted by Gasteiger charge is 2.11. The lowest BCUT2D eigenvalue weighted by atomic mass is 10.2. The van der Waals surface area contributed by atoms with Crippen molar-refractivity contribution in [3.63, 3.8) is 0 Å². The van der Waals surface area contributed by atoms with Gasteiger partial charge in [-0.05, 0) is 55.5 Å². The third-order valence-electron chi connectivity index (χ3n) is 4.48. The van der Waals surface area contributed by atoms with Crippen molar-refractivity contribution in [2.24, 2.45) is 5.10 Å². The van der Waals surface area contributed by atoms with Gasteiger partial charge in [-0.2, -0.15) is 5.10 Å². The summed E-state index contributed by atoms with van der Waals surface area (Å²) < 4.78 is 17.2. The Balaban J connectivity index is 1.64. The molecule has 0 saturated carbocycles. The molecule has 0 heterocycles. The number of carbonyl (C=O) groups is 2. The van der Waals surface area contributed by atoms with E-state index >= 15 is 0 Å². The van der Waals surface area contributed by atoms with Crippen molar-refractivity contribution < 1.29 is 23.8 Å². The highest BCUT2D eigenvalue weighted by Crippen LogP contribution is 2.28. The number of rotatable bonds is 10. The Bertz CT molecular complexity index is 1170. The molecule has 0 radical (unpaired) electrons. The predicted octanol–water partition coefficient (Wildman–Crippen LogP) is 4.64. The van der Waals surface area contributed by atoms with E-state index in [2.05, 4.69) is 31.8 Å². The van der Waals surface area contributed by atoms with Crippen LogP contribution in [-0.4, -0.2) is 38.4 Å². The minimum Gasteiger partial charge on any atom is -0.493 e. The Hall–Kier alpha value is -3.85. The fourth-order valence-corrected chi connectivity index (χ4v) is 3.30. The molecule has 2 amide bonds. The summed E-state index contributed by atoms with van der Waals surface area (Å²) in [5.74, 6) is 0.731. The molecule has 176 valence electrons. The quantitative estimate of drug-likeness (QED) is 0.297. The van der Waals surface area contributed by atoms with Gasteiger partial charge in [0, 0.05) is 21.3 Å². The first-order valence-electron chi connectivity index (χ1n) is 10.4. The first kappa shape index (κ1) is 24.8. The van der Waals surface area contributed by atoms with Gasteiger partial charge in [-0.25, -0.2) is 5.43 Å². The molecule has 0 aliphatic heterocycles. The first-order chi connectivity index (χ1) is 16.5. The number of amides is 2. The van der Waals surface area contributed by atoms with Crippen LogP contribution in [0.4, 0.5) is 5.69 Å². The van der Waals surface area contributed by atoms with E-state index < -0.39 is 5.91 Å². The molecule has 0 fully saturated rings. The van der Waals surface area contributed by atoms with Crippen molar-refractivity contribution in [3.05, 3.63) is 82.3 Å². The fraction of sp³-hybridized carbons (Fsp3) is 0.160. The normalized spacial score (nSPS) is 10.6. The number of methoxy groups -OCH3 is 1. The van der Waals surface area contributed by atoms with Crippen LogP contribution in [0.3, 0.4) is 0 Å². The van der Waals surface area contributed by atoms with Crippen molar-refractivity contribution in [3.8, 4) is 17.2 Å². The van der Waals surface area contributed by atoms with Crippen LogP contribution in [0, 0.1) is 0 Å². The van der Waals surface area contributed by atoms with E-state index in [1.54, 1.807) is 48.5 Å². The Labute approximate surface area is 206 Å². The van der Waals surface area contributed by atoms with E-state index in [-0.39, 0.29) is 12.5 Å². The zero-order chi connectivity index (χ0) is 24.3. The van der Waals surface area contributed by atoms with Crippen LogP contribution in [0.1, 0.15) is 22.8 Å². The summed E-state index contributed by atoms with van der Waals surface area (Å²) in [6.45, 7) is 2.10. The average molecular weight is 526 g/mol. The zero-order valence-electron chi connectivity index (χ0n) is 18.7. The number of anilines is 1. The summed E-state index contributed by atoms with van der Waals surface area (Å²) in [4.78, 5) is 24.7. The van der Waals surface area contributed by atoms with Gasteiger partial charge in [-0.3, -0.25) is 9.59 Å². The molecule has 0 unspecified atom stereocenters. The van der Waals surface area contributed by atoms with Gasteiger partial charge in [-0.15, -0.1) is 0 Å². The molecule has 0 bridgehead atoms. The Morgan fingerprint density at radius 1 is 0.971 bits per heavy atom. The van der Waals surface area contributed by atoms with E-state index in [4.69, 9.17) is 14.2 Å². The number of para-hydroxylation sites is 1. The summed E-state index contributed by atoms with van der Waals surface area (Å²) in [6.07, 6.45) is 1.44. The molecule has 0 atom stereocenters. The van der Waals surface area contributed by atoms with Gasteiger partial charge in [-0.1, -0.05) is 34.1 Å². The number of nitrogens with zero attached hydrogens (tertiary/aromatic N) is 1. The minimum absolute atomic E-state index is 0.185. The number of hydrazone groups is 1. The molecule has 2 N–H and O–H groups in total. The topological polar surface area (TPSA) is 98.3 Å². The van der Waals surface area contributed by atoms with Crippen LogP contribution in [0.2, 0.25) is 0 Å². The summed E-state index contributed by atoms with van der Waals surface area (Å²) in [7, 11) is 1.53. The second-order valence-corrected chi connectivity index (χ2v) is 7.80. The molecule has 3 rings (SSSR count). The molecule has 0 spiro atoms. The van der Waals surface area contributed by atoms with Crippen molar-refractivity contribution in [2.75, 3.05) is 25.6 Å². The number of hydrogen-bond acceptors (Lipinski definition) is 6. The molecule has 0 saturated heterocycles. The molecular weight excluding hydrogens is 502 g/mol. The Morgan fingerprint density at radius 2 is 1.74 bits per heavy atom. The second-order valence-electron chi connectivity index (χ2n) is 6.88. The highest BCUT2D eigenvalue weighted by molar-refractivity contribution is 9.10. The molecule has 0 aromatic heterocycles. The van der Waals surface area contributed by atoms with Gasteiger partial charge in [0.1, 0.15) is 5.75 Å². The number of hydrogen-bond donors (Lipinski definition) is 2. The monoisotopic (exact) mass is 525 g/mol. The van der Waals surface area contributed by atoms with Crippen LogP contribution in [0.25, 0.3) is 0 Å². The number of ether oxygens (including phenoxy) is 3. The number of halogens is 1. The average Bonchev–Trinajstić information content (AvgIpc) is 2.84. The lowest BCUT2D eigenvalue weighted by Gasteiger charge is -2.11. The minimum atomic E-state index is -0.417. The molecule has 0 aliphatic rings. The summed E-state index contributed by atoms with van der Waals surface area (Å²) in [5, 5.41) is 6.79. The standard InChI is InChI=1S/C25H24BrN3O5/c1-3-33-23-14-17(9-11-22(23)32-2)25(31)29-27-15-18-13-19(26)10-12-21(18)34-16-24(30)28-20-7-5-4-6-8-20/h4-15H,3,16H2,1-2H3,(H,28,30)(H,29,31)/b27-15+. The smallest absolute Gasteiger partial charge is 0.271 e. The zero-order valence-corrected chi connectivity index (χ0v) is 20.3. The maximum atomic E-state index is 12.5. The predicted molar refractivity (Wildman–Crippen MR) is 134 cm³/mol. The van der Waals surface area contributed by atoms with Gasteiger partial charge in [0.05, 0.1) is 19.9 Å². The lowest BCUT2D eigenvalue weighted by Crippen LogP contribution is -2.20. The summed E-state index contributed by atoms with van der Waals surface area (Å²) >= 11 is 3.40. The van der Waals surface area contributed by atoms with E-state index in [1.807, 2.05) is 25.1 Å². The van der Waals surface area contributed by atoms with E-state index in [9.17, 15) is 9.59 Å². The van der Waals surface area contributed by atoms with Crippen LogP contribution in [0.5, 0.6) is 17.2 Å². The third kappa shape index (κ3) is 7.08. The number of benzene rings is 3. The van der Waals surface area contributed by atoms with Crippen LogP contribution < -0.4 is 25.0 Å². The van der Waals surface area contributed by atoms with Gasteiger partial charge in [0.25, 0.3) is 11.8 Å². The second kappa shape index (κ2) is 12.4. The maximum Gasteiger partial charge on any atom is 0.271 e. The summed E-state index contributed by atoms with van der Waals surface area (Å²) in [6, 6.07) is 19.2. The van der Waals surface area contributed by atoms with Crippen LogP contribution in [0.15, 0.2) is 76.3 Å². The van der Waals surface area contributed by atoms with Crippen molar-refractivity contribution in [2.45, 2.75) is 6.92 Å². The highest BCUT2D eigenvalue weighted by atomic mass is 79.9. The van der Waals surface area contributed by atoms with Crippen molar-refractivity contribution in [1.82, 2.24) is 5.43 Å². The lowest BCUT2D eigenvalue weighted by molar-refractivity contribution is -0.118. The summed E-state index contributed by atoms with van der Waals surface area (Å²) in [5.41, 5.74) is 4.11. The SMILES string of the molecule is CCOc1cc(C(=O)N/N=C/c2cc(Br)ccc2OCC(=O)Nc2ccccc2)ccc1OC. The molecular formula is C25H24BrN3O5.